The second-order valence-corrected chi connectivity index (χ2v) is 3.53. The number of carbonyl (C=O) groups excluding carboxylic acids is 1. The molecule has 0 aliphatic rings. The Morgan fingerprint density at radius 1 is 1.18 bits per heavy atom. The number of allylic oxidation sites excluding steroid dienone is 1. The van der Waals surface area contributed by atoms with E-state index in [-0.39, 0.29) is 11.5 Å². The molecule has 1 aromatic carbocycles. The number of hydrogen-bond acceptors (Lipinski definition) is 3. The van der Waals surface area contributed by atoms with Gasteiger partial charge >= 0.3 is 0 Å². The van der Waals surface area contributed by atoms with Crippen molar-refractivity contribution in [3.63, 3.8) is 0 Å². The van der Waals surface area contributed by atoms with E-state index < -0.39 is 0 Å². The van der Waals surface area contributed by atoms with Crippen LogP contribution in [0.15, 0.2) is 54.9 Å². The lowest BCUT2D eigenvalue weighted by molar-refractivity contribution is 0.104. The molecule has 3 nitrogen and oxygen atoms in total. The lowest BCUT2D eigenvalue weighted by Crippen LogP contribution is -1.93. The molecule has 0 amide bonds. The zero-order valence-electron chi connectivity index (χ0n) is 9.08. The van der Waals surface area contributed by atoms with E-state index in [9.17, 15) is 9.90 Å². The molecule has 0 atom stereocenters. The number of carbonyl (C=O) groups is 1. The Hall–Kier alpha value is -2.42. The standard InChI is InChI=1S/C14H11NO2/c16-13-3-1-2-11(10-13)4-5-14(17)12-6-8-15-9-7-12/h1-10,16H/b5-4-. The number of phenols is 1. The highest BCUT2D eigenvalue weighted by molar-refractivity contribution is 6.06. The van der Waals surface area contributed by atoms with Crippen LogP contribution in [-0.2, 0) is 0 Å². The van der Waals surface area contributed by atoms with Crippen molar-refractivity contribution in [3.8, 4) is 5.75 Å². The van der Waals surface area contributed by atoms with Crippen LogP contribution in [0.1, 0.15) is 15.9 Å². The average molecular weight is 225 g/mol. The number of ketones is 1. The van der Waals surface area contributed by atoms with Gasteiger partial charge in [-0.05, 0) is 35.9 Å². The summed E-state index contributed by atoms with van der Waals surface area (Å²) in [5.41, 5.74) is 1.38. The predicted molar refractivity (Wildman–Crippen MR) is 65.7 cm³/mol. The van der Waals surface area contributed by atoms with Crippen LogP contribution in [0.25, 0.3) is 6.08 Å². The molecule has 3 heteroatoms. The minimum absolute atomic E-state index is 0.0873. The molecule has 1 N–H and O–H groups in total. The first-order valence-electron chi connectivity index (χ1n) is 5.17. The normalized spacial score (nSPS) is 10.6. The van der Waals surface area contributed by atoms with Gasteiger partial charge in [-0.1, -0.05) is 18.2 Å². The molecule has 17 heavy (non-hydrogen) atoms. The molecule has 0 aliphatic carbocycles. The van der Waals surface area contributed by atoms with E-state index in [1.54, 1.807) is 48.8 Å². The third kappa shape index (κ3) is 3.01. The van der Waals surface area contributed by atoms with Gasteiger partial charge in [-0.15, -0.1) is 0 Å². The lowest BCUT2D eigenvalue weighted by atomic mass is 10.1. The largest absolute Gasteiger partial charge is 0.508 e. The highest BCUT2D eigenvalue weighted by Gasteiger charge is 1.99. The number of aromatic hydroxyl groups is 1. The molecule has 0 unspecified atom stereocenters. The first-order chi connectivity index (χ1) is 8.25. The maximum Gasteiger partial charge on any atom is 0.185 e. The molecule has 2 rings (SSSR count). The van der Waals surface area contributed by atoms with E-state index in [1.165, 1.54) is 6.08 Å². The van der Waals surface area contributed by atoms with Crippen LogP contribution in [0.5, 0.6) is 5.75 Å². The first-order valence-corrected chi connectivity index (χ1v) is 5.17. The van der Waals surface area contributed by atoms with E-state index in [0.29, 0.717) is 5.56 Å². The summed E-state index contributed by atoms with van der Waals surface area (Å²) in [6.07, 6.45) is 6.30. The van der Waals surface area contributed by atoms with Gasteiger partial charge in [-0.2, -0.15) is 0 Å². The van der Waals surface area contributed by atoms with Crippen LogP contribution in [0.3, 0.4) is 0 Å². The second kappa shape index (κ2) is 5.07. The van der Waals surface area contributed by atoms with Crippen LogP contribution >= 0.6 is 0 Å². The summed E-state index contributed by atoms with van der Waals surface area (Å²) in [6.45, 7) is 0. The number of phenolic OH excluding ortho intramolecular Hbond substituents is 1. The molecule has 0 spiro atoms. The summed E-state index contributed by atoms with van der Waals surface area (Å²) >= 11 is 0. The smallest absolute Gasteiger partial charge is 0.185 e. The number of pyridine rings is 1. The Morgan fingerprint density at radius 2 is 1.94 bits per heavy atom. The van der Waals surface area contributed by atoms with Crippen molar-refractivity contribution in [1.29, 1.82) is 0 Å². The van der Waals surface area contributed by atoms with Crippen LogP contribution in [0.4, 0.5) is 0 Å². The Bertz CT molecular complexity index is 547. The van der Waals surface area contributed by atoms with Gasteiger partial charge in [0.1, 0.15) is 5.75 Å². The number of aromatic nitrogens is 1. The molecule has 2 aromatic rings. The number of hydrogen-bond donors (Lipinski definition) is 1. The topological polar surface area (TPSA) is 50.2 Å². The Balaban J connectivity index is 2.14. The minimum Gasteiger partial charge on any atom is -0.508 e. The monoisotopic (exact) mass is 225 g/mol. The van der Waals surface area contributed by atoms with E-state index in [2.05, 4.69) is 4.98 Å². The van der Waals surface area contributed by atoms with E-state index in [1.807, 2.05) is 6.07 Å². The summed E-state index contributed by atoms with van der Waals surface area (Å²) < 4.78 is 0. The quantitative estimate of drug-likeness (QED) is 0.645. The van der Waals surface area contributed by atoms with Crippen molar-refractivity contribution in [3.05, 3.63) is 66.0 Å². The summed E-state index contributed by atoms with van der Waals surface area (Å²) in [5, 5.41) is 9.27. The molecule has 0 bridgehead atoms. The molecular formula is C14H11NO2. The molecule has 1 aromatic heterocycles. The fraction of sp³-hybridized carbons (Fsp3) is 0. The van der Waals surface area contributed by atoms with Gasteiger partial charge < -0.3 is 5.11 Å². The molecule has 84 valence electrons. The van der Waals surface area contributed by atoms with Crippen molar-refractivity contribution in [1.82, 2.24) is 4.98 Å². The number of nitrogens with zero attached hydrogens (tertiary/aromatic N) is 1. The summed E-state index contributed by atoms with van der Waals surface area (Å²) in [7, 11) is 0. The van der Waals surface area contributed by atoms with Gasteiger partial charge in [0.15, 0.2) is 5.78 Å². The lowest BCUT2D eigenvalue weighted by Gasteiger charge is -1.95. The Labute approximate surface area is 99.1 Å². The zero-order chi connectivity index (χ0) is 12.1. The van der Waals surface area contributed by atoms with Crippen molar-refractivity contribution < 1.29 is 9.90 Å². The molecular weight excluding hydrogens is 214 g/mol. The third-order valence-electron chi connectivity index (χ3n) is 2.26. The third-order valence-corrected chi connectivity index (χ3v) is 2.26. The van der Waals surface area contributed by atoms with Crippen molar-refractivity contribution >= 4 is 11.9 Å². The van der Waals surface area contributed by atoms with Crippen LogP contribution < -0.4 is 0 Å². The van der Waals surface area contributed by atoms with E-state index in [4.69, 9.17) is 0 Å². The Kier molecular flexibility index (Phi) is 3.31. The fourth-order valence-electron chi connectivity index (χ4n) is 1.41. The summed E-state index contributed by atoms with van der Waals surface area (Å²) in [5.74, 6) is 0.0965. The highest BCUT2D eigenvalue weighted by Crippen LogP contribution is 2.12. The number of rotatable bonds is 3. The fourth-order valence-corrected chi connectivity index (χ4v) is 1.41. The van der Waals surface area contributed by atoms with Gasteiger partial charge in [0.25, 0.3) is 0 Å². The maximum atomic E-state index is 11.7. The molecule has 0 saturated heterocycles. The maximum absolute atomic E-state index is 11.7. The average Bonchev–Trinajstić information content (AvgIpc) is 2.37. The van der Waals surface area contributed by atoms with Gasteiger partial charge in [0, 0.05) is 18.0 Å². The molecule has 0 aliphatic heterocycles. The number of benzene rings is 1. The molecule has 1 heterocycles. The first kappa shape index (κ1) is 11.1. The van der Waals surface area contributed by atoms with Crippen LogP contribution in [-0.4, -0.2) is 15.9 Å². The molecule has 0 fully saturated rings. The van der Waals surface area contributed by atoms with Crippen LogP contribution in [0.2, 0.25) is 0 Å². The minimum atomic E-state index is -0.0873. The predicted octanol–water partition coefficient (Wildman–Crippen LogP) is 2.68. The van der Waals surface area contributed by atoms with Gasteiger partial charge in [-0.3, -0.25) is 9.78 Å². The van der Waals surface area contributed by atoms with Crippen molar-refractivity contribution in [2.75, 3.05) is 0 Å². The molecule has 0 saturated carbocycles. The SMILES string of the molecule is O=C(/C=C\c1cccc(O)c1)c1ccncc1. The van der Waals surface area contributed by atoms with E-state index in [0.717, 1.165) is 5.56 Å². The van der Waals surface area contributed by atoms with Gasteiger partial charge in [-0.25, -0.2) is 0 Å². The second-order valence-electron chi connectivity index (χ2n) is 3.53. The van der Waals surface area contributed by atoms with Crippen molar-refractivity contribution in [2.24, 2.45) is 0 Å². The van der Waals surface area contributed by atoms with Gasteiger partial charge in [0.2, 0.25) is 0 Å². The van der Waals surface area contributed by atoms with Crippen LogP contribution in [0, 0.1) is 0 Å². The van der Waals surface area contributed by atoms with Crippen molar-refractivity contribution in [2.45, 2.75) is 0 Å². The summed E-state index contributed by atoms with van der Waals surface area (Å²) in [4.78, 5) is 15.6. The zero-order valence-corrected chi connectivity index (χ0v) is 9.08. The Morgan fingerprint density at radius 3 is 2.65 bits per heavy atom. The highest BCUT2D eigenvalue weighted by atomic mass is 16.3. The van der Waals surface area contributed by atoms with Gasteiger partial charge in [0.05, 0.1) is 0 Å². The van der Waals surface area contributed by atoms with E-state index >= 15 is 0 Å². The summed E-state index contributed by atoms with van der Waals surface area (Å²) in [6, 6.07) is 10.0. The molecule has 0 radical (unpaired) electrons.